The third kappa shape index (κ3) is 3.58. The van der Waals surface area contributed by atoms with E-state index in [0.717, 1.165) is 17.9 Å². The quantitative estimate of drug-likeness (QED) is 0.649. The Kier molecular flexibility index (Phi) is 3.83. The molecular weight excluding hydrogens is 268 g/mol. The summed E-state index contributed by atoms with van der Waals surface area (Å²) in [6.45, 7) is 0.772. The molecule has 1 aliphatic carbocycles. The molecule has 0 radical (unpaired) electrons. The van der Waals surface area contributed by atoms with E-state index in [0.29, 0.717) is 11.8 Å². The molecule has 0 atom stereocenters. The Bertz CT molecular complexity index is 636. The number of nitrogens with one attached hydrogen (secondary N) is 1. The first-order valence-electron chi connectivity index (χ1n) is 6.96. The molecule has 1 aliphatic rings. The fourth-order valence-corrected chi connectivity index (χ4v) is 2.05. The number of hydrogen-bond donors (Lipinski definition) is 1. The second kappa shape index (κ2) is 5.93. The van der Waals surface area contributed by atoms with Crippen LogP contribution in [0.3, 0.4) is 0 Å². The van der Waals surface area contributed by atoms with Crippen molar-refractivity contribution in [2.45, 2.75) is 25.4 Å². The Morgan fingerprint density at radius 3 is 2.52 bits per heavy atom. The van der Waals surface area contributed by atoms with Crippen molar-refractivity contribution in [1.82, 2.24) is 5.32 Å². The summed E-state index contributed by atoms with van der Waals surface area (Å²) >= 11 is 0. The zero-order valence-corrected chi connectivity index (χ0v) is 11.5. The number of nitro benzene ring substituents is 1. The van der Waals surface area contributed by atoms with Crippen molar-refractivity contribution in [3.63, 3.8) is 0 Å². The Labute approximate surface area is 122 Å². The molecule has 1 fully saturated rings. The fourth-order valence-electron chi connectivity index (χ4n) is 2.05. The van der Waals surface area contributed by atoms with E-state index in [1.165, 1.54) is 25.0 Å². The average molecular weight is 284 g/mol. The Hall–Kier alpha value is -2.40. The molecule has 2 aromatic rings. The van der Waals surface area contributed by atoms with Crippen LogP contribution in [0.25, 0.3) is 0 Å². The molecule has 5 nitrogen and oxygen atoms in total. The van der Waals surface area contributed by atoms with E-state index >= 15 is 0 Å². The van der Waals surface area contributed by atoms with Crippen LogP contribution in [0, 0.1) is 10.1 Å². The first-order valence-corrected chi connectivity index (χ1v) is 6.96. The van der Waals surface area contributed by atoms with Crippen LogP contribution in [0.1, 0.15) is 18.4 Å². The predicted molar refractivity (Wildman–Crippen MR) is 79.5 cm³/mol. The number of ether oxygens (including phenoxy) is 1. The van der Waals surface area contributed by atoms with Crippen LogP contribution in [0.4, 0.5) is 5.69 Å². The number of nitrogens with zero attached hydrogens (tertiary/aromatic N) is 1. The van der Waals surface area contributed by atoms with Gasteiger partial charge in [0.1, 0.15) is 11.5 Å². The lowest BCUT2D eigenvalue weighted by Gasteiger charge is -2.11. The molecule has 2 aromatic carbocycles. The summed E-state index contributed by atoms with van der Waals surface area (Å²) in [5.74, 6) is 1.37. The Balaban J connectivity index is 1.72. The highest BCUT2D eigenvalue weighted by molar-refractivity contribution is 5.41. The maximum atomic E-state index is 10.6. The van der Waals surface area contributed by atoms with Crippen LogP contribution in [0.5, 0.6) is 11.5 Å². The van der Waals surface area contributed by atoms with Crippen LogP contribution in [0.15, 0.2) is 48.5 Å². The molecule has 0 bridgehead atoms. The van der Waals surface area contributed by atoms with Crippen molar-refractivity contribution in [2.24, 2.45) is 0 Å². The number of para-hydroxylation sites is 1. The van der Waals surface area contributed by atoms with Gasteiger partial charge in [-0.3, -0.25) is 10.1 Å². The highest BCUT2D eigenvalue weighted by Gasteiger charge is 2.20. The zero-order valence-electron chi connectivity index (χ0n) is 11.5. The smallest absolute Gasteiger partial charge is 0.269 e. The molecule has 5 heteroatoms. The van der Waals surface area contributed by atoms with Gasteiger partial charge < -0.3 is 10.1 Å². The summed E-state index contributed by atoms with van der Waals surface area (Å²) in [5.41, 5.74) is 1.15. The van der Waals surface area contributed by atoms with Gasteiger partial charge in [-0.15, -0.1) is 0 Å². The first kappa shape index (κ1) is 13.6. The summed E-state index contributed by atoms with van der Waals surface area (Å²) in [5, 5.41) is 14.1. The molecule has 0 spiro atoms. The van der Waals surface area contributed by atoms with E-state index in [-0.39, 0.29) is 5.69 Å². The topological polar surface area (TPSA) is 64.4 Å². The Morgan fingerprint density at radius 1 is 1.14 bits per heavy atom. The number of non-ortho nitro benzene ring substituents is 1. The minimum Gasteiger partial charge on any atom is -0.457 e. The third-order valence-electron chi connectivity index (χ3n) is 3.41. The van der Waals surface area contributed by atoms with E-state index in [1.54, 1.807) is 12.1 Å². The van der Waals surface area contributed by atoms with Crippen molar-refractivity contribution >= 4 is 5.69 Å². The van der Waals surface area contributed by atoms with Gasteiger partial charge in [0.2, 0.25) is 0 Å². The number of hydrogen-bond acceptors (Lipinski definition) is 4. The largest absolute Gasteiger partial charge is 0.457 e. The van der Waals surface area contributed by atoms with Crippen LogP contribution in [0.2, 0.25) is 0 Å². The highest BCUT2D eigenvalue weighted by Crippen LogP contribution is 2.27. The lowest BCUT2D eigenvalue weighted by Crippen LogP contribution is -2.15. The number of nitro groups is 1. The van der Waals surface area contributed by atoms with Gasteiger partial charge in [0.05, 0.1) is 4.92 Å². The summed E-state index contributed by atoms with van der Waals surface area (Å²) in [6, 6.07) is 14.6. The first-order chi connectivity index (χ1) is 10.2. The standard InChI is InChI=1S/C16H16N2O3/c19-18(20)14-7-9-15(10-8-14)21-16-4-2-1-3-12(16)11-17-13-5-6-13/h1-4,7-10,13,17H,5-6,11H2. The van der Waals surface area contributed by atoms with Crippen LogP contribution in [-0.4, -0.2) is 11.0 Å². The third-order valence-corrected chi connectivity index (χ3v) is 3.41. The predicted octanol–water partition coefficient (Wildman–Crippen LogP) is 3.64. The summed E-state index contributed by atoms with van der Waals surface area (Å²) in [4.78, 5) is 10.2. The Morgan fingerprint density at radius 2 is 1.86 bits per heavy atom. The molecule has 0 unspecified atom stereocenters. The van der Waals surface area contributed by atoms with Gasteiger partial charge in [-0.2, -0.15) is 0 Å². The van der Waals surface area contributed by atoms with Crippen molar-refractivity contribution in [2.75, 3.05) is 0 Å². The van der Waals surface area contributed by atoms with Gasteiger partial charge in [0.15, 0.2) is 0 Å². The van der Waals surface area contributed by atoms with Gasteiger partial charge in [-0.05, 0) is 31.0 Å². The van der Waals surface area contributed by atoms with E-state index in [9.17, 15) is 10.1 Å². The van der Waals surface area contributed by atoms with Crippen LogP contribution in [-0.2, 0) is 6.54 Å². The van der Waals surface area contributed by atoms with Crippen LogP contribution < -0.4 is 10.1 Å². The van der Waals surface area contributed by atoms with Gasteiger partial charge in [-0.25, -0.2) is 0 Å². The van der Waals surface area contributed by atoms with Crippen molar-refractivity contribution in [3.8, 4) is 11.5 Å². The van der Waals surface area contributed by atoms with Crippen LogP contribution >= 0.6 is 0 Å². The lowest BCUT2D eigenvalue weighted by atomic mass is 10.2. The average Bonchev–Trinajstić information content (AvgIpc) is 3.31. The monoisotopic (exact) mass is 284 g/mol. The molecule has 21 heavy (non-hydrogen) atoms. The molecule has 108 valence electrons. The van der Waals surface area contributed by atoms with Gasteiger partial charge in [0.25, 0.3) is 5.69 Å². The van der Waals surface area contributed by atoms with Crippen molar-refractivity contribution in [3.05, 3.63) is 64.2 Å². The van der Waals surface area contributed by atoms with E-state index in [1.807, 2.05) is 24.3 Å². The molecule has 0 heterocycles. The van der Waals surface area contributed by atoms with E-state index in [2.05, 4.69) is 5.32 Å². The van der Waals surface area contributed by atoms with E-state index in [4.69, 9.17) is 4.74 Å². The second-order valence-corrected chi connectivity index (χ2v) is 5.12. The molecule has 1 saturated carbocycles. The zero-order chi connectivity index (χ0) is 14.7. The molecule has 0 saturated heterocycles. The van der Waals surface area contributed by atoms with Gasteiger partial charge >= 0.3 is 0 Å². The van der Waals surface area contributed by atoms with E-state index < -0.39 is 4.92 Å². The lowest BCUT2D eigenvalue weighted by molar-refractivity contribution is -0.384. The fraction of sp³-hybridized carbons (Fsp3) is 0.250. The maximum Gasteiger partial charge on any atom is 0.269 e. The normalized spacial score (nSPS) is 13.9. The summed E-state index contributed by atoms with van der Waals surface area (Å²) in [6.07, 6.45) is 2.48. The van der Waals surface area contributed by atoms with Crippen molar-refractivity contribution in [1.29, 1.82) is 0 Å². The minimum absolute atomic E-state index is 0.0611. The van der Waals surface area contributed by atoms with Gasteiger partial charge in [0, 0.05) is 30.3 Å². The minimum atomic E-state index is -0.419. The van der Waals surface area contributed by atoms with Crippen molar-refractivity contribution < 1.29 is 9.66 Å². The molecule has 0 aromatic heterocycles. The summed E-state index contributed by atoms with van der Waals surface area (Å²) in [7, 11) is 0. The number of rotatable bonds is 6. The SMILES string of the molecule is O=[N+]([O-])c1ccc(Oc2ccccc2CNC2CC2)cc1. The maximum absolute atomic E-state index is 10.6. The molecule has 1 N–H and O–H groups in total. The molecule has 0 amide bonds. The molecular formula is C16H16N2O3. The summed E-state index contributed by atoms with van der Waals surface area (Å²) < 4.78 is 5.83. The molecule has 0 aliphatic heterocycles. The van der Waals surface area contributed by atoms with Gasteiger partial charge in [-0.1, -0.05) is 18.2 Å². The second-order valence-electron chi connectivity index (χ2n) is 5.12. The number of benzene rings is 2. The molecule has 3 rings (SSSR count). The highest BCUT2D eigenvalue weighted by atomic mass is 16.6.